The maximum absolute atomic E-state index is 12.9. The predicted molar refractivity (Wildman–Crippen MR) is 130 cm³/mol. The van der Waals surface area contributed by atoms with Gasteiger partial charge in [-0.2, -0.15) is 0 Å². The van der Waals surface area contributed by atoms with Gasteiger partial charge in [-0.1, -0.05) is 0 Å². The zero-order chi connectivity index (χ0) is 21.5. The predicted octanol–water partition coefficient (Wildman–Crippen LogP) is 2.98. The molecule has 9 heteroatoms. The maximum Gasteiger partial charge on any atom is 0.226 e. The van der Waals surface area contributed by atoms with E-state index in [1.807, 2.05) is 12.3 Å². The van der Waals surface area contributed by atoms with Crippen LogP contribution < -0.4 is 21.3 Å². The number of thiophene rings is 1. The summed E-state index contributed by atoms with van der Waals surface area (Å²) in [4.78, 5) is 23.2. The molecule has 1 saturated heterocycles. The second-order valence-electron chi connectivity index (χ2n) is 9.10. The summed E-state index contributed by atoms with van der Waals surface area (Å²) in [6.07, 6.45) is 7.55. The first kappa shape index (κ1) is 20.7. The molecule has 1 amide bonds. The maximum atomic E-state index is 12.9. The van der Waals surface area contributed by atoms with E-state index >= 15 is 0 Å². The first-order valence-electron chi connectivity index (χ1n) is 11.5. The molecular weight excluding hydrogens is 440 g/mol. The molecule has 0 spiro atoms. The van der Waals surface area contributed by atoms with Crippen molar-refractivity contribution < 1.29 is 4.79 Å². The fourth-order valence-electron chi connectivity index (χ4n) is 5.45. The number of rotatable bonds is 6. The number of anilines is 1. The van der Waals surface area contributed by atoms with Crippen LogP contribution in [0.15, 0.2) is 18.5 Å². The van der Waals surface area contributed by atoms with Gasteiger partial charge >= 0.3 is 0 Å². The molecule has 5 heterocycles. The van der Waals surface area contributed by atoms with Gasteiger partial charge in [0.15, 0.2) is 0 Å². The molecule has 2 unspecified atom stereocenters. The topological polar surface area (TPSA) is 91.0 Å². The highest BCUT2D eigenvalue weighted by Gasteiger charge is 2.36. The number of aromatic nitrogens is 2. The molecule has 2 fully saturated rings. The molecule has 1 saturated carbocycles. The molecule has 4 N–H and O–H groups in total. The molecule has 32 heavy (non-hydrogen) atoms. The highest BCUT2D eigenvalue weighted by atomic mass is 32.1. The number of hydrogen-bond donors (Lipinski definition) is 4. The summed E-state index contributed by atoms with van der Waals surface area (Å²) < 4.78 is 1.13. The minimum absolute atomic E-state index is 0.0768. The van der Waals surface area contributed by atoms with E-state index in [4.69, 9.17) is 4.98 Å². The number of nitrogens with zero attached hydrogens (tertiary/aromatic N) is 2. The van der Waals surface area contributed by atoms with E-state index in [0.717, 1.165) is 76.8 Å². The fourth-order valence-corrected chi connectivity index (χ4v) is 7.76. The minimum Gasteiger partial charge on any atom is -0.317 e. The lowest BCUT2D eigenvalue weighted by Crippen LogP contribution is -2.31. The lowest BCUT2D eigenvalue weighted by molar-refractivity contribution is -0.116. The molecule has 3 aliphatic rings. The molecule has 168 valence electrons. The van der Waals surface area contributed by atoms with Crippen molar-refractivity contribution in [2.45, 2.75) is 38.3 Å². The first-order valence-corrected chi connectivity index (χ1v) is 13.2. The fraction of sp³-hybridized carbons (Fsp3) is 0.522. The van der Waals surface area contributed by atoms with Crippen LogP contribution in [-0.4, -0.2) is 48.1 Å². The lowest BCUT2D eigenvalue weighted by atomic mass is 10.0. The Morgan fingerprint density at radius 1 is 1.19 bits per heavy atom. The Labute approximate surface area is 195 Å². The zero-order valence-corrected chi connectivity index (χ0v) is 19.6. The van der Waals surface area contributed by atoms with Gasteiger partial charge in [0.25, 0.3) is 0 Å². The standard InChI is InChI=1S/C23H28N6OS2/c30-20(3-6-27-15-7-13-9-26-10-14(13)8-15)29-23-21(16-1-4-25-12-19(16)32-23)22-28-17-11-24-5-2-18(17)31-22/h2,5,11,13-15,25-27H,1,3-4,6-10,12H2,(H,29,30). The normalized spacial score (nSPS) is 24.6. The Morgan fingerprint density at radius 2 is 2.06 bits per heavy atom. The number of pyridine rings is 1. The van der Waals surface area contributed by atoms with Crippen LogP contribution in [0.2, 0.25) is 0 Å². The molecular formula is C23H28N6OS2. The van der Waals surface area contributed by atoms with Gasteiger partial charge in [0, 0.05) is 42.2 Å². The van der Waals surface area contributed by atoms with Crippen molar-refractivity contribution >= 4 is 43.8 Å². The van der Waals surface area contributed by atoms with Crippen LogP contribution >= 0.6 is 22.7 Å². The summed E-state index contributed by atoms with van der Waals surface area (Å²) in [5.41, 5.74) is 3.37. The van der Waals surface area contributed by atoms with Crippen molar-refractivity contribution in [3.63, 3.8) is 0 Å². The third kappa shape index (κ3) is 3.97. The van der Waals surface area contributed by atoms with Crippen molar-refractivity contribution in [1.29, 1.82) is 0 Å². The van der Waals surface area contributed by atoms with Crippen molar-refractivity contribution in [2.75, 3.05) is 31.5 Å². The van der Waals surface area contributed by atoms with Crippen molar-refractivity contribution in [1.82, 2.24) is 25.9 Å². The van der Waals surface area contributed by atoms with Gasteiger partial charge in [-0.05, 0) is 62.4 Å². The highest BCUT2D eigenvalue weighted by Crippen LogP contribution is 2.44. The number of fused-ring (bicyclic) bond motifs is 3. The second kappa shape index (κ2) is 8.79. The largest absolute Gasteiger partial charge is 0.317 e. The summed E-state index contributed by atoms with van der Waals surface area (Å²) in [6.45, 7) is 4.87. The van der Waals surface area contributed by atoms with Gasteiger partial charge in [0.1, 0.15) is 15.5 Å². The van der Waals surface area contributed by atoms with Gasteiger partial charge in [0.05, 0.1) is 10.9 Å². The van der Waals surface area contributed by atoms with Gasteiger partial charge in [-0.15, -0.1) is 22.7 Å². The third-order valence-corrected chi connectivity index (χ3v) is 9.23. The van der Waals surface area contributed by atoms with Crippen molar-refractivity contribution in [3.05, 3.63) is 28.9 Å². The molecule has 1 aliphatic carbocycles. The van der Waals surface area contributed by atoms with E-state index in [-0.39, 0.29) is 5.91 Å². The number of nitrogens with one attached hydrogen (secondary N) is 4. The van der Waals surface area contributed by atoms with Crippen LogP contribution in [0.3, 0.4) is 0 Å². The van der Waals surface area contributed by atoms with E-state index < -0.39 is 0 Å². The van der Waals surface area contributed by atoms with Crippen molar-refractivity contribution in [2.24, 2.45) is 11.8 Å². The third-order valence-electron chi connectivity index (χ3n) is 7.02. The van der Waals surface area contributed by atoms with E-state index in [9.17, 15) is 4.79 Å². The average molecular weight is 469 g/mol. The molecule has 6 rings (SSSR count). The molecule has 0 radical (unpaired) electrons. The van der Waals surface area contributed by atoms with Gasteiger partial charge in [-0.3, -0.25) is 9.78 Å². The number of amides is 1. The lowest BCUT2D eigenvalue weighted by Gasteiger charge is -2.14. The minimum atomic E-state index is 0.0768. The van der Waals surface area contributed by atoms with Crippen LogP contribution in [-0.2, 0) is 17.8 Å². The first-order chi connectivity index (χ1) is 15.7. The van der Waals surface area contributed by atoms with Crippen LogP contribution in [0.25, 0.3) is 20.8 Å². The summed E-state index contributed by atoms with van der Waals surface area (Å²) in [5.74, 6) is 1.71. The second-order valence-corrected chi connectivity index (χ2v) is 11.2. The van der Waals surface area contributed by atoms with E-state index in [1.165, 1.54) is 23.3 Å². The average Bonchev–Trinajstić information content (AvgIpc) is 3.54. The van der Waals surface area contributed by atoms with Gasteiger partial charge in [-0.25, -0.2) is 4.98 Å². The molecule has 2 atom stereocenters. The molecule has 2 aliphatic heterocycles. The molecule has 3 aromatic rings. The van der Waals surface area contributed by atoms with Crippen LogP contribution in [0.1, 0.15) is 29.7 Å². The summed E-state index contributed by atoms with van der Waals surface area (Å²) in [6, 6.07) is 2.57. The van der Waals surface area contributed by atoms with Crippen LogP contribution in [0.5, 0.6) is 0 Å². The van der Waals surface area contributed by atoms with Crippen molar-refractivity contribution in [3.8, 4) is 10.6 Å². The number of hydrogen-bond acceptors (Lipinski definition) is 8. The summed E-state index contributed by atoms with van der Waals surface area (Å²) in [5, 5.41) is 15.7. The molecule has 0 bridgehead atoms. The van der Waals surface area contributed by atoms with Crippen LogP contribution in [0, 0.1) is 11.8 Å². The van der Waals surface area contributed by atoms with Gasteiger partial charge < -0.3 is 21.3 Å². The Morgan fingerprint density at radius 3 is 2.91 bits per heavy atom. The smallest absolute Gasteiger partial charge is 0.226 e. The Kier molecular flexibility index (Phi) is 5.68. The van der Waals surface area contributed by atoms with Gasteiger partial charge in [0.2, 0.25) is 5.91 Å². The number of thiazole rings is 1. The number of carbonyl (C=O) groups excluding carboxylic acids is 1. The quantitative estimate of drug-likeness (QED) is 0.445. The number of carbonyl (C=O) groups is 1. The Balaban J connectivity index is 1.16. The Bertz CT molecular complexity index is 1100. The summed E-state index contributed by atoms with van der Waals surface area (Å²) >= 11 is 3.37. The highest BCUT2D eigenvalue weighted by molar-refractivity contribution is 7.22. The zero-order valence-electron chi connectivity index (χ0n) is 17.9. The summed E-state index contributed by atoms with van der Waals surface area (Å²) in [7, 11) is 0. The van der Waals surface area contributed by atoms with E-state index in [2.05, 4.69) is 26.3 Å². The molecule has 7 nitrogen and oxygen atoms in total. The van der Waals surface area contributed by atoms with E-state index in [0.29, 0.717) is 12.5 Å². The molecule has 0 aromatic carbocycles. The van der Waals surface area contributed by atoms with Crippen LogP contribution in [0.4, 0.5) is 5.00 Å². The SMILES string of the molecule is O=C(CCNC1CC2CNCC2C1)Nc1sc2c(c1-c1nc3cnccc3s1)CCNC2. The molecule has 3 aromatic heterocycles. The van der Waals surface area contributed by atoms with E-state index in [1.54, 1.807) is 28.9 Å². The Hall–Kier alpha value is -1.91. The monoisotopic (exact) mass is 468 g/mol.